The summed E-state index contributed by atoms with van der Waals surface area (Å²) in [5.41, 5.74) is 2.14. The maximum absolute atomic E-state index is 12.9. The Morgan fingerprint density at radius 3 is 2.11 bits per heavy atom. The number of anilines is 1. The first kappa shape index (κ1) is 26.2. The molecule has 0 heterocycles. The molecule has 3 aromatic carbocycles. The van der Waals surface area contributed by atoms with Crippen LogP contribution in [0.25, 0.3) is 0 Å². The Balaban J connectivity index is 0.000000420. The number of hydrogen-bond donors (Lipinski definition) is 3. The van der Waals surface area contributed by atoms with Crippen molar-refractivity contribution in [3.63, 3.8) is 0 Å². The Bertz CT molecular complexity index is 1120. The molecule has 0 aromatic heterocycles. The lowest BCUT2D eigenvalue weighted by molar-refractivity contribution is -0.115. The lowest BCUT2D eigenvalue weighted by Gasteiger charge is -2.12. The lowest BCUT2D eigenvalue weighted by atomic mass is 10.2. The summed E-state index contributed by atoms with van der Waals surface area (Å²) in [5.74, 6) is -1.29. The summed E-state index contributed by atoms with van der Waals surface area (Å²) >= 11 is 0. The molecule has 1 saturated carbocycles. The van der Waals surface area contributed by atoms with Crippen LogP contribution in [0, 0.1) is 12.7 Å². The first-order valence-electron chi connectivity index (χ1n) is 11.5. The minimum atomic E-state index is -1.27. The summed E-state index contributed by atoms with van der Waals surface area (Å²) in [4.78, 5) is 24.6. The van der Waals surface area contributed by atoms with Gasteiger partial charge in [-0.1, -0.05) is 48.7 Å². The molecule has 1 aliphatic rings. The second kappa shape index (κ2) is 13.5. The van der Waals surface area contributed by atoms with Crippen molar-refractivity contribution < 1.29 is 18.2 Å². The van der Waals surface area contributed by atoms with Crippen LogP contribution in [0.2, 0.25) is 0 Å². The summed E-state index contributed by atoms with van der Waals surface area (Å²) in [7, 11) is -1.27. The topological polar surface area (TPSA) is 87.3 Å². The maximum Gasteiger partial charge on any atom is 0.251 e. The van der Waals surface area contributed by atoms with Crippen molar-refractivity contribution in [1.29, 1.82) is 0 Å². The molecule has 4 rings (SSSR count). The first-order valence-corrected chi connectivity index (χ1v) is 12.7. The molecule has 0 radical (unpaired) electrons. The van der Waals surface area contributed by atoms with Crippen LogP contribution >= 0.6 is 0 Å². The van der Waals surface area contributed by atoms with Crippen molar-refractivity contribution in [3.8, 4) is 0 Å². The number of hydrogen-bond acceptors (Lipinski definition) is 3. The first-order chi connectivity index (χ1) is 16.9. The fraction of sp³-hybridized carbons (Fsp3) is 0.259. The van der Waals surface area contributed by atoms with Crippen molar-refractivity contribution in [2.75, 3.05) is 11.9 Å². The zero-order valence-electron chi connectivity index (χ0n) is 19.6. The average Bonchev–Trinajstić information content (AvgIpc) is 3.37. The highest BCUT2D eigenvalue weighted by Crippen LogP contribution is 2.19. The second-order valence-electron chi connectivity index (χ2n) is 8.28. The number of benzene rings is 3. The van der Waals surface area contributed by atoms with Gasteiger partial charge < -0.3 is 10.6 Å². The smallest absolute Gasteiger partial charge is 0.251 e. The number of rotatable bonds is 7. The molecular weight excluding hydrogens is 465 g/mol. The SMILES string of the molecule is Cc1ccccc1.O=C(CNC(=O)c1ccc(F)cc1)Nc1ccc(S(=O)NC2CCCC2)cc1. The van der Waals surface area contributed by atoms with Crippen LogP contribution < -0.4 is 15.4 Å². The second-order valence-corrected chi connectivity index (χ2v) is 9.53. The third-order valence-corrected chi connectivity index (χ3v) is 6.69. The van der Waals surface area contributed by atoms with E-state index in [1.54, 1.807) is 24.3 Å². The zero-order chi connectivity index (χ0) is 25.0. The molecule has 35 heavy (non-hydrogen) atoms. The van der Waals surface area contributed by atoms with Crippen LogP contribution in [-0.4, -0.2) is 28.6 Å². The van der Waals surface area contributed by atoms with Crippen LogP contribution in [0.15, 0.2) is 83.8 Å². The molecule has 3 aromatic rings. The van der Waals surface area contributed by atoms with E-state index in [4.69, 9.17) is 0 Å². The molecule has 2 amide bonds. The zero-order valence-corrected chi connectivity index (χ0v) is 20.4. The summed E-state index contributed by atoms with van der Waals surface area (Å²) in [5, 5.41) is 5.14. The number of carbonyl (C=O) groups excluding carboxylic acids is 2. The number of halogens is 1. The predicted octanol–water partition coefficient (Wildman–Crippen LogP) is 4.74. The predicted molar refractivity (Wildman–Crippen MR) is 137 cm³/mol. The van der Waals surface area contributed by atoms with Crippen LogP contribution in [-0.2, 0) is 15.8 Å². The van der Waals surface area contributed by atoms with Gasteiger partial charge in [0.15, 0.2) is 0 Å². The molecule has 0 bridgehead atoms. The van der Waals surface area contributed by atoms with Crippen LogP contribution in [0.3, 0.4) is 0 Å². The molecule has 1 aliphatic carbocycles. The highest BCUT2D eigenvalue weighted by Gasteiger charge is 2.17. The molecule has 3 N–H and O–H groups in total. The highest BCUT2D eigenvalue weighted by molar-refractivity contribution is 7.83. The van der Waals surface area contributed by atoms with Crippen molar-refractivity contribution >= 4 is 28.5 Å². The van der Waals surface area contributed by atoms with Gasteiger partial charge in [0.25, 0.3) is 5.91 Å². The summed E-state index contributed by atoms with van der Waals surface area (Å²) in [6.45, 7) is 1.87. The molecular formula is C27H30FN3O3S. The standard InChI is InChI=1S/C20H22FN3O3S.C7H8/c21-15-7-5-14(6-8-15)20(26)22-13-19(25)23-16-9-11-18(12-10-16)28(27)24-17-3-1-2-4-17;1-7-5-3-2-4-6-7/h5-12,17,24H,1-4,13H2,(H,22,26)(H,23,25);2-6H,1H3. The largest absolute Gasteiger partial charge is 0.343 e. The van der Waals surface area contributed by atoms with Crippen LogP contribution in [0.1, 0.15) is 41.6 Å². The molecule has 0 aliphatic heterocycles. The van der Waals surface area contributed by atoms with Crippen molar-refractivity contribution in [3.05, 3.63) is 95.8 Å². The average molecular weight is 496 g/mol. The number of nitrogens with one attached hydrogen (secondary N) is 3. The number of aryl methyl sites for hydroxylation is 1. The highest BCUT2D eigenvalue weighted by atomic mass is 32.2. The molecule has 6 nitrogen and oxygen atoms in total. The monoisotopic (exact) mass is 495 g/mol. The summed E-state index contributed by atoms with van der Waals surface area (Å²) < 4.78 is 28.3. The molecule has 8 heteroatoms. The fourth-order valence-corrected chi connectivity index (χ4v) is 4.59. The van der Waals surface area contributed by atoms with Crippen LogP contribution in [0.4, 0.5) is 10.1 Å². The Hall–Kier alpha value is -3.36. The van der Waals surface area contributed by atoms with E-state index in [0.29, 0.717) is 16.6 Å². The van der Waals surface area contributed by atoms with Crippen LogP contribution in [0.5, 0.6) is 0 Å². The van der Waals surface area contributed by atoms with Gasteiger partial charge in [-0.25, -0.2) is 13.3 Å². The number of carbonyl (C=O) groups is 2. The lowest BCUT2D eigenvalue weighted by Crippen LogP contribution is -2.32. The Morgan fingerprint density at radius 2 is 1.54 bits per heavy atom. The molecule has 0 spiro atoms. The van der Waals surface area contributed by atoms with Gasteiger partial charge in [0.05, 0.1) is 11.4 Å². The van der Waals surface area contributed by atoms with E-state index in [2.05, 4.69) is 34.4 Å². The van der Waals surface area contributed by atoms with Gasteiger partial charge in [-0.15, -0.1) is 0 Å². The number of amides is 2. The van der Waals surface area contributed by atoms with Gasteiger partial charge in [0.2, 0.25) is 5.91 Å². The maximum atomic E-state index is 12.9. The minimum Gasteiger partial charge on any atom is -0.343 e. The third-order valence-electron chi connectivity index (χ3n) is 5.44. The Labute approximate surface area is 207 Å². The van der Waals surface area contributed by atoms with E-state index < -0.39 is 28.6 Å². The summed E-state index contributed by atoms with van der Waals surface area (Å²) in [6.07, 6.45) is 4.42. The molecule has 1 fully saturated rings. The van der Waals surface area contributed by atoms with E-state index in [9.17, 15) is 18.2 Å². The minimum absolute atomic E-state index is 0.215. The fourth-order valence-electron chi connectivity index (χ4n) is 3.53. The molecule has 1 atom stereocenters. The van der Waals surface area contributed by atoms with Gasteiger partial charge in [-0.3, -0.25) is 9.59 Å². The molecule has 0 saturated heterocycles. The third kappa shape index (κ3) is 9.07. The van der Waals surface area contributed by atoms with Gasteiger partial charge >= 0.3 is 0 Å². The van der Waals surface area contributed by atoms with Gasteiger partial charge in [0, 0.05) is 17.3 Å². The normalized spacial score (nSPS) is 13.9. The van der Waals surface area contributed by atoms with E-state index in [-0.39, 0.29) is 12.1 Å². The van der Waals surface area contributed by atoms with Crippen molar-refractivity contribution in [2.24, 2.45) is 0 Å². The Kier molecular flexibility index (Phi) is 10.1. The van der Waals surface area contributed by atoms with E-state index in [0.717, 1.165) is 25.7 Å². The van der Waals surface area contributed by atoms with E-state index in [1.807, 2.05) is 18.2 Å². The molecule has 184 valence electrons. The van der Waals surface area contributed by atoms with Crippen molar-refractivity contribution in [2.45, 2.75) is 43.5 Å². The van der Waals surface area contributed by atoms with E-state index >= 15 is 0 Å². The van der Waals surface area contributed by atoms with Gasteiger partial charge in [0.1, 0.15) is 16.8 Å². The Morgan fingerprint density at radius 1 is 0.914 bits per heavy atom. The van der Waals surface area contributed by atoms with Gasteiger partial charge in [-0.2, -0.15) is 0 Å². The van der Waals surface area contributed by atoms with Crippen molar-refractivity contribution in [1.82, 2.24) is 10.0 Å². The van der Waals surface area contributed by atoms with E-state index in [1.165, 1.54) is 29.8 Å². The summed E-state index contributed by atoms with van der Waals surface area (Å²) in [6, 6.07) is 22.4. The van der Waals surface area contributed by atoms with Gasteiger partial charge in [-0.05, 0) is 68.3 Å². The quantitative estimate of drug-likeness (QED) is 0.442. The molecule has 1 unspecified atom stereocenters.